The third-order valence-corrected chi connectivity index (χ3v) is 4.69. The van der Waals surface area contributed by atoms with Crippen LogP contribution in [0, 0.1) is 0 Å². The second-order valence-electron chi connectivity index (χ2n) is 4.88. The van der Waals surface area contributed by atoms with Crippen LogP contribution in [0.2, 0.25) is 10.0 Å². The molecule has 1 aromatic carbocycles. The monoisotopic (exact) mass is 426 g/mol. The SMILES string of the molecule is CN=C(NCCOc1cccc(Cl)c1Cl)NCc1nc(C(F)(F)F)cs1. The summed E-state index contributed by atoms with van der Waals surface area (Å²) in [7, 11) is 1.55. The van der Waals surface area contributed by atoms with E-state index in [4.69, 9.17) is 27.9 Å². The maximum absolute atomic E-state index is 12.5. The van der Waals surface area contributed by atoms with Crippen molar-refractivity contribution in [2.75, 3.05) is 20.2 Å². The third kappa shape index (κ3) is 5.93. The average Bonchev–Trinajstić information content (AvgIpc) is 3.07. The molecule has 0 bridgehead atoms. The number of alkyl halides is 3. The number of benzene rings is 1. The Morgan fingerprint density at radius 2 is 2.08 bits per heavy atom. The average molecular weight is 427 g/mol. The van der Waals surface area contributed by atoms with Crippen LogP contribution < -0.4 is 15.4 Å². The lowest BCUT2D eigenvalue weighted by Gasteiger charge is -2.12. The number of hydrogen-bond donors (Lipinski definition) is 2. The first-order valence-electron chi connectivity index (χ1n) is 7.34. The van der Waals surface area contributed by atoms with E-state index in [2.05, 4.69) is 20.6 Å². The van der Waals surface area contributed by atoms with Crippen molar-refractivity contribution in [3.8, 4) is 5.75 Å². The van der Waals surface area contributed by atoms with Crippen LogP contribution >= 0.6 is 34.5 Å². The Morgan fingerprint density at radius 1 is 1.31 bits per heavy atom. The molecule has 0 aliphatic heterocycles. The highest BCUT2D eigenvalue weighted by Crippen LogP contribution is 2.31. The van der Waals surface area contributed by atoms with E-state index in [0.29, 0.717) is 33.3 Å². The molecule has 5 nitrogen and oxygen atoms in total. The van der Waals surface area contributed by atoms with Crippen LogP contribution in [-0.2, 0) is 12.7 Å². The van der Waals surface area contributed by atoms with Gasteiger partial charge in [-0.1, -0.05) is 29.3 Å². The van der Waals surface area contributed by atoms with Gasteiger partial charge in [0.15, 0.2) is 11.7 Å². The first-order valence-corrected chi connectivity index (χ1v) is 8.97. The van der Waals surface area contributed by atoms with Crippen molar-refractivity contribution in [1.82, 2.24) is 15.6 Å². The summed E-state index contributed by atoms with van der Waals surface area (Å²) in [5.74, 6) is 0.876. The van der Waals surface area contributed by atoms with Gasteiger partial charge < -0.3 is 15.4 Å². The summed E-state index contributed by atoms with van der Waals surface area (Å²) in [6, 6.07) is 5.08. The normalized spacial score (nSPS) is 12.2. The van der Waals surface area contributed by atoms with Gasteiger partial charge in [-0.3, -0.25) is 4.99 Å². The van der Waals surface area contributed by atoms with Crippen LogP contribution in [0.25, 0.3) is 0 Å². The molecule has 0 aliphatic rings. The van der Waals surface area contributed by atoms with Crippen molar-refractivity contribution >= 4 is 40.5 Å². The van der Waals surface area contributed by atoms with Crippen molar-refractivity contribution in [3.63, 3.8) is 0 Å². The van der Waals surface area contributed by atoms with Gasteiger partial charge in [-0.2, -0.15) is 13.2 Å². The standard InChI is InChI=1S/C15H15Cl2F3N4OS/c1-21-14(23-7-12-24-11(8-26-12)15(18,19)20)22-5-6-25-10-4-2-3-9(16)13(10)17/h2-4,8H,5-7H2,1H3,(H2,21,22,23). The highest BCUT2D eigenvalue weighted by atomic mass is 35.5. The Balaban J connectivity index is 1.76. The number of aromatic nitrogens is 1. The molecule has 0 saturated carbocycles. The van der Waals surface area contributed by atoms with Gasteiger partial charge in [0.1, 0.15) is 22.4 Å². The second-order valence-corrected chi connectivity index (χ2v) is 6.61. The maximum atomic E-state index is 12.5. The van der Waals surface area contributed by atoms with Gasteiger partial charge in [0, 0.05) is 12.4 Å². The molecule has 0 spiro atoms. The lowest BCUT2D eigenvalue weighted by Crippen LogP contribution is -2.38. The number of halogens is 5. The fourth-order valence-corrected chi connectivity index (χ4v) is 2.92. The topological polar surface area (TPSA) is 58.5 Å². The van der Waals surface area contributed by atoms with Gasteiger partial charge in [-0.25, -0.2) is 4.98 Å². The predicted molar refractivity (Wildman–Crippen MR) is 97.3 cm³/mol. The van der Waals surface area contributed by atoms with E-state index < -0.39 is 11.9 Å². The number of aliphatic imine (C=N–C) groups is 1. The largest absolute Gasteiger partial charge is 0.490 e. The van der Waals surface area contributed by atoms with E-state index in [1.165, 1.54) is 0 Å². The van der Waals surface area contributed by atoms with E-state index in [0.717, 1.165) is 16.7 Å². The lowest BCUT2D eigenvalue weighted by molar-refractivity contribution is -0.140. The van der Waals surface area contributed by atoms with E-state index in [-0.39, 0.29) is 13.2 Å². The van der Waals surface area contributed by atoms with Crippen LogP contribution in [0.4, 0.5) is 13.2 Å². The second kappa shape index (κ2) is 9.29. The van der Waals surface area contributed by atoms with Gasteiger partial charge in [-0.15, -0.1) is 11.3 Å². The quantitative estimate of drug-likeness (QED) is 0.412. The Labute approximate surface area is 162 Å². The van der Waals surface area contributed by atoms with Crippen molar-refractivity contribution in [2.24, 2.45) is 4.99 Å². The Morgan fingerprint density at radius 3 is 2.73 bits per heavy atom. The van der Waals surface area contributed by atoms with E-state index in [1.54, 1.807) is 25.2 Å². The fourth-order valence-electron chi connectivity index (χ4n) is 1.83. The van der Waals surface area contributed by atoms with Crippen molar-refractivity contribution in [3.05, 3.63) is 44.3 Å². The molecule has 0 amide bonds. The van der Waals surface area contributed by atoms with Gasteiger partial charge in [0.25, 0.3) is 0 Å². The van der Waals surface area contributed by atoms with Gasteiger partial charge >= 0.3 is 6.18 Å². The van der Waals surface area contributed by atoms with Crippen LogP contribution in [-0.4, -0.2) is 31.1 Å². The molecule has 11 heteroatoms. The zero-order valence-corrected chi connectivity index (χ0v) is 15.9. The van der Waals surface area contributed by atoms with Gasteiger partial charge in [-0.05, 0) is 12.1 Å². The van der Waals surface area contributed by atoms with Crippen LogP contribution in [0.5, 0.6) is 5.75 Å². The van der Waals surface area contributed by atoms with Crippen LogP contribution in [0.3, 0.4) is 0 Å². The van der Waals surface area contributed by atoms with E-state index in [1.807, 2.05) is 0 Å². The highest BCUT2D eigenvalue weighted by molar-refractivity contribution is 7.09. The minimum atomic E-state index is -4.44. The molecule has 1 aromatic heterocycles. The molecular weight excluding hydrogens is 412 g/mol. The lowest BCUT2D eigenvalue weighted by atomic mass is 10.3. The Hall–Kier alpha value is -1.71. The van der Waals surface area contributed by atoms with E-state index in [9.17, 15) is 13.2 Å². The molecule has 2 N–H and O–H groups in total. The smallest absolute Gasteiger partial charge is 0.434 e. The molecular formula is C15H15Cl2F3N4OS. The summed E-state index contributed by atoms with van der Waals surface area (Å²) in [6.07, 6.45) is -4.44. The molecule has 0 atom stereocenters. The number of ether oxygens (including phenoxy) is 1. The molecule has 0 unspecified atom stereocenters. The highest BCUT2D eigenvalue weighted by Gasteiger charge is 2.33. The van der Waals surface area contributed by atoms with Gasteiger partial charge in [0.2, 0.25) is 0 Å². The molecule has 1 heterocycles. The maximum Gasteiger partial charge on any atom is 0.434 e. The summed E-state index contributed by atoms with van der Waals surface area (Å²) in [5, 5.41) is 7.88. The van der Waals surface area contributed by atoms with Crippen LogP contribution in [0.15, 0.2) is 28.6 Å². The van der Waals surface area contributed by atoms with Gasteiger partial charge in [0.05, 0.1) is 18.1 Å². The first kappa shape index (κ1) is 20.6. The number of nitrogens with one attached hydrogen (secondary N) is 2. The number of thiazole rings is 1. The summed E-state index contributed by atoms with van der Waals surface area (Å²) >= 11 is 12.8. The third-order valence-electron chi connectivity index (χ3n) is 3.04. The minimum Gasteiger partial charge on any atom is -0.490 e. The number of rotatable bonds is 6. The molecule has 0 radical (unpaired) electrons. The van der Waals surface area contributed by atoms with E-state index >= 15 is 0 Å². The number of nitrogens with zero attached hydrogens (tertiary/aromatic N) is 2. The summed E-state index contributed by atoms with van der Waals surface area (Å²) in [4.78, 5) is 7.52. The fraction of sp³-hybridized carbons (Fsp3) is 0.333. The first-order chi connectivity index (χ1) is 12.3. The minimum absolute atomic E-state index is 0.126. The summed E-state index contributed by atoms with van der Waals surface area (Å²) < 4.78 is 43.1. The molecule has 2 rings (SSSR count). The summed E-state index contributed by atoms with van der Waals surface area (Å²) in [5.41, 5.74) is -0.894. The predicted octanol–water partition coefficient (Wildman–Crippen LogP) is 4.21. The molecule has 26 heavy (non-hydrogen) atoms. The van der Waals surface area contributed by atoms with Crippen LogP contribution in [0.1, 0.15) is 10.7 Å². The summed E-state index contributed by atoms with van der Waals surface area (Å²) in [6.45, 7) is 0.811. The van der Waals surface area contributed by atoms with Crippen molar-refractivity contribution in [2.45, 2.75) is 12.7 Å². The Bertz CT molecular complexity index is 768. The molecule has 2 aromatic rings. The molecule has 142 valence electrons. The number of hydrogen-bond acceptors (Lipinski definition) is 4. The van der Waals surface area contributed by atoms with Crippen molar-refractivity contribution < 1.29 is 17.9 Å². The Kier molecular flexibility index (Phi) is 7.36. The number of guanidine groups is 1. The molecule has 0 fully saturated rings. The molecule has 0 aliphatic carbocycles. The zero-order chi connectivity index (χ0) is 19.2. The van der Waals surface area contributed by atoms with Crippen molar-refractivity contribution in [1.29, 1.82) is 0 Å². The molecule has 0 saturated heterocycles. The zero-order valence-electron chi connectivity index (χ0n) is 13.5.